The Bertz CT molecular complexity index is 1460. The highest BCUT2D eigenvalue weighted by molar-refractivity contribution is 5.94. The monoisotopic (exact) mass is 627 g/mol. The van der Waals surface area contributed by atoms with Gasteiger partial charge in [0.2, 0.25) is 0 Å². The molecule has 1 amide bonds. The van der Waals surface area contributed by atoms with Crippen molar-refractivity contribution in [2.24, 2.45) is 23.2 Å². The Hall–Kier alpha value is -3.38. The van der Waals surface area contributed by atoms with E-state index in [-0.39, 0.29) is 34.8 Å². The number of nitrogens with zero attached hydrogens (tertiary/aromatic N) is 1. The number of aliphatic hydroxyl groups excluding tert-OH is 1. The molecule has 2 fully saturated rings. The molecule has 0 radical (unpaired) electrons. The summed E-state index contributed by atoms with van der Waals surface area (Å²) in [6.45, 7) is 6.00. The number of unbranched alkanes of at least 4 members (excludes halogenated alkanes) is 1. The Morgan fingerprint density at radius 1 is 1.00 bits per heavy atom. The van der Waals surface area contributed by atoms with Gasteiger partial charge in [-0.3, -0.25) is 4.79 Å². The van der Waals surface area contributed by atoms with Crippen molar-refractivity contribution in [1.82, 2.24) is 4.90 Å². The number of carbonyl (C=O) groups excluding carboxylic acids is 1. The SMILES string of the molecule is CCOc1ccc(C(=O)N(CCCCC2Cc3cc(O)ccc3C3C(F)C[C@]4(C)C(O)CCC4C23)CCCc2ccccc2)cc1. The summed E-state index contributed by atoms with van der Waals surface area (Å²) in [6.07, 6.45) is 6.04. The van der Waals surface area contributed by atoms with Crippen LogP contribution in [-0.4, -0.2) is 53.0 Å². The summed E-state index contributed by atoms with van der Waals surface area (Å²) in [5.41, 5.74) is 3.69. The van der Waals surface area contributed by atoms with Crippen molar-refractivity contribution in [2.45, 2.75) is 89.8 Å². The molecule has 5 nitrogen and oxygen atoms in total. The zero-order chi connectivity index (χ0) is 32.3. The Balaban J connectivity index is 1.15. The number of aliphatic hydroxyl groups is 1. The molecule has 3 aromatic rings. The Morgan fingerprint density at radius 3 is 2.52 bits per heavy atom. The van der Waals surface area contributed by atoms with Crippen LogP contribution >= 0.6 is 0 Å². The summed E-state index contributed by atoms with van der Waals surface area (Å²) < 4.78 is 21.7. The average molecular weight is 628 g/mol. The molecule has 6 unspecified atom stereocenters. The second kappa shape index (κ2) is 14.2. The highest BCUT2D eigenvalue weighted by atomic mass is 19.1. The number of alkyl halides is 1. The predicted molar refractivity (Wildman–Crippen MR) is 180 cm³/mol. The van der Waals surface area contributed by atoms with Crippen molar-refractivity contribution in [3.05, 3.63) is 95.1 Å². The standard InChI is InChI=1S/C40H50FNO4/c1-3-46-32-17-14-28(15-18-32)39(45)42(23-9-12-27-10-5-4-6-11-27)22-8-7-13-29-24-30-25-31(43)16-19-33(30)38-35(41)26-40(2)34(37(29)38)20-21-36(40)44/h4-6,10-11,14-19,25,29,34-38,43-44H,3,7-9,12-13,20-24,26H2,1-2H3/t29?,34?,35?,36?,37?,38?,40-/m0/s1. The molecule has 3 aliphatic rings. The van der Waals surface area contributed by atoms with E-state index in [2.05, 4.69) is 31.2 Å². The van der Waals surface area contributed by atoms with Gasteiger partial charge >= 0.3 is 0 Å². The molecule has 0 bridgehead atoms. The predicted octanol–water partition coefficient (Wildman–Crippen LogP) is 8.13. The molecule has 3 aromatic carbocycles. The fourth-order valence-electron chi connectivity index (χ4n) is 9.22. The Labute approximate surface area is 273 Å². The van der Waals surface area contributed by atoms with E-state index in [1.54, 1.807) is 6.07 Å². The largest absolute Gasteiger partial charge is 0.508 e. The van der Waals surface area contributed by atoms with E-state index in [1.807, 2.05) is 54.3 Å². The third-order valence-corrected chi connectivity index (χ3v) is 11.5. The van der Waals surface area contributed by atoms with E-state index >= 15 is 4.39 Å². The zero-order valence-corrected chi connectivity index (χ0v) is 27.4. The summed E-state index contributed by atoms with van der Waals surface area (Å²) in [6, 6.07) is 23.3. The van der Waals surface area contributed by atoms with Gasteiger partial charge in [-0.1, -0.05) is 49.7 Å². The lowest BCUT2D eigenvalue weighted by Crippen LogP contribution is -2.51. The minimum absolute atomic E-state index is 0.0431. The van der Waals surface area contributed by atoms with Crippen molar-refractivity contribution in [3.8, 4) is 11.5 Å². The van der Waals surface area contributed by atoms with E-state index < -0.39 is 12.3 Å². The first-order valence-corrected chi connectivity index (χ1v) is 17.5. The number of halogens is 1. The van der Waals surface area contributed by atoms with Crippen LogP contribution in [0.3, 0.4) is 0 Å². The molecule has 0 aromatic heterocycles. The lowest BCUT2D eigenvalue weighted by molar-refractivity contribution is -0.0722. The van der Waals surface area contributed by atoms with Crippen LogP contribution < -0.4 is 4.74 Å². The lowest BCUT2D eigenvalue weighted by atomic mass is 9.51. The molecule has 246 valence electrons. The minimum atomic E-state index is -1.00. The van der Waals surface area contributed by atoms with Gasteiger partial charge in [0, 0.05) is 24.6 Å². The first-order chi connectivity index (χ1) is 22.3. The number of aryl methyl sites for hydroxylation is 1. The van der Waals surface area contributed by atoms with Crippen LogP contribution in [0, 0.1) is 23.2 Å². The maximum Gasteiger partial charge on any atom is 0.253 e. The number of phenols is 1. The molecule has 46 heavy (non-hydrogen) atoms. The van der Waals surface area contributed by atoms with Crippen LogP contribution in [0.4, 0.5) is 4.39 Å². The number of rotatable bonds is 12. The average Bonchev–Trinajstić information content (AvgIpc) is 3.35. The Kier molecular flexibility index (Phi) is 10.0. The summed E-state index contributed by atoms with van der Waals surface area (Å²) >= 11 is 0. The van der Waals surface area contributed by atoms with Crippen molar-refractivity contribution in [2.75, 3.05) is 19.7 Å². The van der Waals surface area contributed by atoms with E-state index in [1.165, 1.54) is 5.56 Å². The smallest absolute Gasteiger partial charge is 0.253 e. The van der Waals surface area contributed by atoms with Crippen molar-refractivity contribution in [3.63, 3.8) is 0 Å². The van der Waals surface area contributed by atoms with Gasteiger partial charge < -0.3 is 19.8 Å². The third-order valence-electron chi connectivity index (χ3n) is 11.5. The number of amides is 1. The van der Waals surface area contributed by atoms with Gasteiger partial charge in [-0.05, 0) is 135 Å². The van der Waals surface area contributed by atoms with Gasteiger partial charge in [0.05, 0.1) is 12.7 Å². The second-order valence-electron chi connectivity index (χ2n) is 14.2. The molecule has 6 rings (SSSR count). The van der Waals surface area contributed by atoms with Gasteiger partial charge in [-0.15, -0.1) is 0 Å². The lowest BCUT2D eigenvalue weighted by Gasteiger charge is -2.54. The maximum absolute atomic E-state index is 16.2. The fraction of sp³-hybridized carbons (Fsp3) is 0.525. The van der Waals surface area contributed by atoms with Gasteiger partial charge in [0.25, 0.3) is 5.91 Å². The number of hydrogen-bond donors (Lipinski definition) is 2. The number of phenolic OH excluding ortho intramolecular Hbond substituents is 1. The normalized spacial score (nSPS) is 28.2. The third kappa shape index (κ3) is 6.69. The molecule has 2 N–H and O–H groups in total. The highest BCUT2D eigenvalue weighted by Gasteiger charge is 2.59. The van der Waals surface area contributed by atoms with Crippen LogP contribution in [0.15, 0.2) is 72.8 Å². The molecule has 0 spiro atoms. The molecule has 2 saturated carbocycles. The number of fused-ring (bicyclic) bond motifs is 5. The van der Waals surface area contributed by atoms with Gasteiger partial charge in [0.1, 0.15) is 17.7 Å². The Morgan fingerprint density at radius 2 is 1.76 bits per heavy atom. The summed E-state index contributed by atoms with van der Waals surface area (Å²) in [7, 11) is 0. The van der Waals surface area contributed by atoms with Gasteiger partial charge in [0.15, 0.2) is 0 Å². The topological polar surface area (TPSA) is 70.0 Å². The molecule has 3 aliphatic carbocycles. The summed E-state index contributed by atoms with van der Waals surface area (Å²) in [5, 5.41) is 21.3. The van der Waals surface area contributed by atoms with E-state index in [4.69, 9.17) is 4.74 Å². The number of ether oxygens (including phenoxy) is 1. The van der Waals surface area contributed by atoms with E-state index in [0.29, 0.717) is 37.6 Å². The quantitative estimate of drug-likeness (QED) is 0.199. The van der Waals surface area contributed by atoms with Crippen molar-refractivity contribution >= 4 is 5.91 Å². The highest BCUT2D eigenvalue weighted by Crippen LogP contribution is 2.63. The zero-order valence-electron chi connectivity index (χ0n) is 27.4. The molecule has 0 saturated heterocycles. The number of aromatic hydroxyl groups is 1. The second-order valence-corrected chi connectivity index (χ2v) is 14.2. The first-order valence-electron chi connectivity index (χ1n) is 17.5. The van der Waals surface area contributed by atoms with Gasteiger partial charge in [-0.2, -0.15) is 0 Å². The van der Waals surface area contributed by atoms with Crippen LogP contribution in [0.1, 0.15) is 91.8 Å². The van der Waals surface area contributed by atoms with Crippen LogP contribution in [0.5, 0.6) is 11.5 Å². The van der Waals surface area contributed by atoms with E-state index in [9.17, 15) is 15.0 Å². The molecular weight excluding hydrogens is 577 g/mol. The minimum Gasteiger partial charge on any atom is -0.508 e. The van der Waals surface area contributed by atoms with Crippen molar-refractivity contribution in [1.29, 1.82) is 0 Å². The fourth-order valence-corrected chi connectivity index (χ4v) is 9.22. The molecule has 0 aliphatic heterocycles. The first kappa shape index (κ1) is 32.6. The van der Waals surface area contributed by atoms with Crippen LogP contribution in [-0.2, 0) is 12.8 Å². The van der Waals surface area contributed by atoms with Crippen LogP contribution in [0.2, 0.25) is 0 Å². The molecular formula is C40H50FNO4. The molecule has 0 heterocycles. The van der Waals surface area contributed by atoms with E-state index in [0.717, 1.165) is 68.2 Å². The molecule has 6 heteroatoms. The number of hydrogen-bond acceptors (Lipinski definition) is 4. The van der Waals surface area contributed by atoms with Gasteiger partial charge in [-0.25, -0.2) is 4.39 Å². The number of benzene rings is 3. The van der Waals surface area contributed by atoms with Crippen LogP contribution in [0.25, 0.3) is 0 Å². The number of carbonyl (C=O) groups is 1. The van der Waals surface area contributed by atoms with Crippen molar-refractivity contribution < 1.29 is 24.1 Å². The summed E-state index contributed by atoms with van der Waals surface area (Å²) in [5.74, 6) is 1.61. The summed E-state index contributed by atoms with van der Waals surface area (Å²) in [4.78, 5) is 15.7. The molecule has 7 atom stereocenters. The maximum atomic E-state index is 16.2.